The molecule has 2 N–H and O–H groups in total. The lowest BCUT2D eigenvalue weighted by Crippen LogP contribution is -2.48. The van der Waals surface area contributed by atoms with Crippen molar-refractivity contribution in [3.8, 4) is 0 Å². The van der Waals surface area contributed by atoms with E-state index in [2.05, 4.69) is 17.6 Å². The van der Waals surface area contributed by atoms with E-state index in [9.17, 15) is 4.79 Å². The van der Waals surface area contributed by atoms with Crippen molar-refractivity contribution < 1.29 is 9.53 Å². The summed E-state index contributed by atoms with van der Waals surface area (Å²) in [7, 11) is 0. The van der Waals surface area contributed by atoms with Gasteiger partial charge in [0.1, 0.15) is 0 Å². The van der Waals surface area contributed by atoms with Crippen LogP contribution in [0.3, 0.4) is 0 Å². The summed E-state index contributed by atoms with van der Waals surface area (Å²) in [6.45, 7) is 9.22. The Morgan fingerprint density at radius 2 is 2.19 bits per heavy atom. The van der Waals surface area contributed by atoms with E-state index in [0.717, 1.165) is 19.4 Å². The Labute approximate surface area is 98.1 Å². The molecule has 16 heavy (non-hydrogen) atoms. The fourth-order valence-corrected chi connectivity index (χ4v) is 1.84. The number of rotatable bonds is 4. The minimum absolute atomic E-state index is 0.0392. The van der Waals surface area contributed by atoms with Crippen LogP contribution >= 0.6 is 0 Å². The Morgan fingerprint density at radius 1 is 1.50 bits per heavy atom. The maximum absolute atomic E-state index is 11.6. The number of carbonyl (C=O) groups is 1. The van der Waals surface area contributed by atoms with E-state index in [0.29, 0.717) is 6.54 Å². The summed E-state index contributed by atoms with van der Waals surface area (Å²) >= 11 is 0. The summed E-state index contributed by atoms with van der Waals surface area (Å²) in [5.41, 5.74) is -0.161. The van der Waals surface area contributed by atoms with E-state index in [-0.39, 0.29) is 23.6 Å². The second-order valence-corrected chi connectivity index (χ2v) is 5.52. The van der Waals surface area contributed by atoms with Crippen LogP contribution in [0.2, 0.25) is 0 Å². The molecule has 1 amide bonds. The first-order valence-corrected chi connectivity index (χ1v) is 6.04. The molecule has 1 saturated heterocycles. The third kappa shape index (κ3) is 4.94. The maximum Gasteiger partial charge on any atom is 0.234 e. The predicted molar refractivity (Wildman–Crippen MR) is 64.3 cm³/mol. The number of carbonyl (C=O) groups excluding carboxylic acids is 1. The predicted octanol–water partition coefficient (Wildman–Crippen LogP) is 1.06. The molecule has 0 saturated carbocycles. The van der Waals surface area contributed by atoms with Crippen molar-refractivity contribution in [1.82, 2.24) is 10.6 Å². The normalized spacial score (nSPS) is 23.1. The van der Waals surface area contributed by atoms with Gasteiger partial charge in [-0.1, -0.05) is 0 Å². The van der Waals surface area contributed by atoms with Crippen LogP contribution in [0.4, 0.5) is 0 Å². The van der Waals surface area contributed by atoms with E-state index < -0.39 is 0 Å². The molecule has 4 nitrogen and oxygen atoms in total. The van der Waals surface area contributed by atoms with Crippen molar-refractivity contribution in [2.45, 2.75) is 58.2 Å². The molecule has 0 radical (unpaired) electrons. The number of hydrogen-bond acceptors (Lipinski definition) is 3. The molecule has 0 spiro atoms. The lowest BCUT2D eigenvalue weighted by Gasteiger charge is -2.23. The molecule has 1 aliphatic heterocycles. The Bertz CT molecular complexity index is 230. The third-order valence-corrected chi connectivity index (χ3v) is 2.62. The van der Waals surface area contributed by atoms with Gasteiger partial charge in [-0.15, -0.1) is 0 Å². The van der Waals surface area contributed by atoms with Crippen molar-refractivity contribution in [3.05, 3.63) is 0 Å². The van der Waals surface area contributed by atoms with Crippen LogP contribution in [0.25, 0.3) is 0 Å². The Balaban J connectivity index is 2.20. The summed E-state index contributed by atoms with van der Waals surface area (Å²) in [5.74, 6) is 0.0392. The van der Waals surface area contributed by atoms with Gasteiger partial charge >= 0.3 is 0 Å². The number of ether oxygens (including phenoxy) is 1. The molecule has 2 atom stereocenters. The first kappa shape index (κ1) is 13.5. The highest BCUT2D eigenvalue weighted by molar-refractivity contribution is 5.78. The Kier molecular flexibility index (Phi) is 4.74. The monoisotopic (exact) mass is 228 g/mol. The van der Waals surface area contributed by atoms with Gasteiger partial charge in [0, 0.05) is 18.2 Å². The molecule has 1 rings (SSSR count). The van der Waals surface area contributed by atoms with E-state index in [4.69, 9.17) is 4.74 Å². The second-order valence-electron chi connectivity index (χ2n) is 5.52. The van der Waals surface area contributed by atoms with Crippen molar-refractivity contribution in [2.75, 3.05) is 13.2 Å². The van der Waals surface area contributed by atoms with Crippen LogP contribution in [0, 0.1) is 0 Å². The van der Waals surface area contributed by atoms with Gasteiger partial charge in [-0.05, 0) is 40.5 Å². The van der Waals surface area contributed by atoms with Gasteiger partial charge in [-0.25, -0.2) is 0 Å². The fourth-order valence-electron chi connectivity index (χ4n) is 1.84. The van der Waals surface area contributed by atoms with Crippen molar-refractivity contribution in [2.24, 2.45) is 0 Å². The van der Waals surface area contributed by atoms with Gasteiger partial charge in [0.05, 0.1) is 12.6 Å². The third-order valence-electron chi connectivity index (χ3n) is 2.62. The van der Waals surface area contributed by atoms with Gasteiger partial charge in [-0.2, -0.15) is 0 Å². The Hall–Kier alpha value is -0.610. The van der Waals surface area contributed by atoms with E-state index >= 15 is 0 Å². The highest BCUT2D eigenvalue weighted by Crippen LogP contribution is 2.15. The van der Waals surface area contributed by atoms with Crippen LogP contribution in [0.5, 0.6) is 0 Å². The van der Waals surface area contributed by atoms with Gasteiger partial charge < -0.3 is 15.4 Å². The largest absolute Gasteiger partial charge is 0.377 e. The zero-order valence-electron chi connectivity index (χ0n) is 10.8. The summed E-state index contributed by atoms with van der Waals surface area (Å²) in [6, 6.07) is 0.244. The molecule has 2 unspecified atom stereocenters. The molecule has 0 aromatic rings. The van der Waals surface area contributed by atoms with E-state index in [1.54, 1.807) is 0 Å². The van der Waals surface area contributed by atoms with Crippen LogP contribution in [-0.4, -0.2) is 36.7 Å². The van der Waals surface area contributed by atoms with Gasteiger partial charge in [-0.3, -0.25) is 4.79 Å². The first-order chi connectivity index (χ1) is 7.38. The molecular formula is C12H24N2O2. The topological polar surface area (TPSA) is 50.4 Å². The standard InChI is InChI=1S/C12H24N2O2/c1-9(10-6-5-7-16-10)13-8-11(15)14-12(2,3)4/h9-10,13H,5-8H2,1-4H3,(H,14,15). The number of amides is 1. The molecule has 1 fully saturated rings. The minimum atomic E-state index is -0.161. The molecule has 1 heterocycles. The number of nitrogens with one attached hydrogen (secondary N) is 2. The van der Waals surface area contributed by atoms with Gasteiger partial charge in [0.15, 0.2) is 0 Å². The number of hydrogen-bond donors (Lipinski definition) is 2. The molecule has 94 valence electrons. The lowest BCUT2D eigenvalue weighted by molar-refractivity contribution is -0.121. The highest BCUT2D eigenvalue weighted by Gasteiger charge is 2.22. The second kappa shape index (κ2) is 5.64. The smallest absolute Gasteiger partial charge is 0.234 e. The summed E-state index contributed by atoms with van der Waals surface area (Å²) in [5, 5.41) is 6.13. The summed E-state index contributed by atoms with van der Waals surface area (Å²) < 4.78 is 5.55. The molecule has 0 aromatic heterocycles. The SMILES string of the molecule is CC(NCC(=O)NC(C)(C)C)C1CCCO1. The van der Waals surface area contributed by atoms with Crippen LogP contribution < -0.4 is 10.6 Å². The van der Waals surface area contributed by atoms with Crippen LogP contribution in [0.15, 0.2) is 0 Å². The quantitative estimate of drug-likeness (QED) is 0.756. The van der Waals surface area contributed by atoms with E-state index in [1.807, 2.05) is 20.8 Å². The average molecular weight is 228 g/mol. The fraction of sp³-hybridized carbons (Fsp3) is 0.917. The van der Waals surface area contributed by atoms with E-state index in [1.165, 1.54) is 0 Å². The van der Waals surface area contributed by atoms with Gasteiger partial charge in [0.25, 0.3) is 0 Å². The van der Waals surface area contributed by atoms with Gasteiger partial charge in [0.2, 0.25) is 5.91 Å². The Morgan fingerprint density at radius 3 is 2.69 bits per heavy atom. The highest BCUT2D eigenvalue weighted by atomic mass is 16.5. The zero-order chi connectivity index (χ0) is 12.2. The summed E-state index contributed by atoms with van der Waals surface area (Å²) in [6.07, 6.45) is 2.49. The minimum Gasteiger partial charge on any atom is -0.377 e. The van der Waals surface area contributed by atoms with Crippen molar-refractivity contribution >= 4 is 5.91 Å². The molecule has 4 heteroatoms. The lowest BCUT2D eigenvalue weighted by atomic mass is 10.1. The zero-order valence-corrected chi connectivity index (χ0v) is 10.8. The summed E-state index contributed by atoms with van der Waals surface area (Å²) in [4.78, 5) is 11.6. The average Bonchev–Trinajstić information content (AvgIpc) is 2.64. The molecular weight excluding hydrogens is 204 g/mol. The first-order valence-electron chi connectivity index (χ1n) is 6.04. The molecule has 0 bridgehead atoms. The molecule has 0 aliphatic carbocycles. The van der Waals surface area contributed by atoms with Crippen LogP contribution in [0.1, 0.15) is 40.5 Å². The van der Waals surface area contributed by atoms with Crippen molar-refractivity contribution in [3.63, 3.8) is 0 Å². The molecule has 0 aromatic carbocycles. The molecule has 1 aliphatic rings. The maximum atomic E-state index is 11.6. The van der Waals surface area contributed by atoms with Crippen LogP contribution in [-0.2, 0) is 9.53 Å². The van der Waals surface area contributed by atoms with Crippen molar-refractivity contribution in [1.29, 1.82) is 0 Å².